The fraction of sp³-hybridized carbons (Fsp3) is 0.600. The highest BCUT2D eigenvalue weighted by Gasteiger charge is 2.05. The second kappa shape index (κ2) is 2.66. The third kappa shape index (κ3) is 1.24. The van der Waals surface area contributed by atoms with Gasteiger partial charge in [-0.05, 0) is 6.42 Å². The molecule has 0 aliphatic carbocycles. The minimum atomic E-state index is -0.307. The molecule has 1 aromatic heterocycles. The number of aromatic amines is 2. The van der Waals surface area contributed by atoms with E-state index in [1.807, 2.05) is 6.92 Å². The van der Waals surface area contributed by atoms with E-state index >= 15 is 0 Å². The second-order valence-electron chi connectivity index (χ2n) is 2.08. The predicted molar refractivity (Wildman–Crippen MR) is 36.4 cm³/mol. The highest BCUT2D eigenvalue weighted by molar-refractivity contribution is 4.88. The van der Waals surface area contributed by atoms with Gasteiger partial charge in [0.05, 0.1) is 6.04 Å². The van der Waals surface area contributed by atoms with Crippen LogP contribution in [0.3, 0.4) is 0 Å². The number of hydrogen-bond acceptors (Lipinski definition) is 3. The molecule has 1 rings (SSSR count). The van der Waals surface area contributed by atoms with E-state index in [0.29, 0.717) is 5.82 Å². The minimum absolute atomic E-state index is 0.168. The maximum Gasteiger partial charge on any atom is 0.340 e. The van der Waals surface area contributed by atoms with Crippen LogP contribution in [0, 0.1) is 0 Å². The van der Waals surface area contributed by atoms with E-state index in [0.717, 1.165) is 6.42 Å². The molecule has 5 heteroatoms. The topological polar surface area (TPSA) is 87.6 Å². The van der Waals surface area contributed by atoms with Crippen molar-refractivity contribution in [2.24, 2.45) is 5.73 Å². The highest BCUT2D eigenvalue weighted by Crippen LogP contribution is 2.03. The molecule has 1 aromatic rings. The third-order valence-corrected chi connectivity index (χ3v) is 1.31. The predicted octanol–water partition coefficient (Wildman–Crippen LogP) is -0.492. The van der Waals surface area contributed by atoms with Crippen LogP contribution in [0.25, 0.3) is 0 Å². The normalized spacial score (nSPS) is 13.4. The van der Waals surface area contributed by atoms with Crippen LogP contribution in [-0.2, 0) is 0 Å². The average molecular weight is 142 g/mol. The maximum atomic E-state index is 10.5. The van der Waals surface area contributed by atoms with Gasteiger partial charge in [0.25, 0.3) is 0 Å². The largest absolute Gasteiger partial charge is 0.340 e. The van der Waals surface area contributed by atoms with E-state index in [1.165, 1.54) is 0 Å². The van der Waals surface area contributed by atoms with Gasteiger partial charge >= 0.3 is 5.69 Å². The molecule has 0 unspecified atom stereocenters. The summed E-state index contributed by atoms with van der Waals surface area (Å²) in [6, 6.07) is -0.168. The minimum Gasteiger partial charge on any atom is -0.321 e. The van der Waals surface area contributed by atoms with Crippen LogP contribution in [0.4, 0.5) is 0 Å². The summed E-state index contributed by atoms with van der Waals surface area (Å²) >= 11 is 0. The van der Waals surface area contributed by atoms with Gasteiger partial charge in [0.1, 0.15) is 5.82 Å². The summed E-state index contributed by atoms with van der Waals surface area (Å²) in [6.07, 6.45) is 0.765. The Kier molecular flexibility index (Phi) is 1.86. The van der Waals surface area contributed by atoms with Crippen LogP contribution in [0.2, 0.25) is 0 Å². The molecular formula is C5H10N4O. The summed E-state index contributed by atoms with van der Waals surface area (Å²) < 4.78 is 0. The molecule has 0 amide bonds. The fourth-order valence-electron chi connectivity index (χ4n) is 0.652. The van der Waals surface area contributed by atoms with Crippen molar-refractivity contribution in [3.63, 3.8) is 0 Å². The van der Waals surface area contributed by atoms with Crippen LogP contribution < -0.4 is 11.4 Å². The monoisotopic (exact) mass is 142 g/mol. The van der Waals surface area contributed by atoms with Crippen molar-refractivity contribution >= 4 is 0 Å². The van der Waals surface area contributed by atoms with Gasteiger partial charge < -0.3 is 5.73 Å². The third-order valence-electron chi connectivity index (χ3n) is 1.31. The first-order valence-electron chi connectivity index (χ1n) is 3.14. The van der Waals surface area contributed by atoms with Gasteiger partial charge in [-0.2, -0.15) is 5.10 Å². The van der Waals surface area contributed by atoms with Crippen LogP contribution in [-0.4, -0.2) is 15.2 Å². The zero-order chi connectivity index (χ0) is 7.56. The molecular weight excluding hydrogens is 132 g/mol. The number of nitrogens with two attached hydrogens (primary N) is 1. The lowest BCUT2D eigenvalue weighted by atomic mass is 10.2. The van der Waals surface area contributed by atoms with Crippen LogP contribution in [0.15, 0.2) is 4.79 Å². The van der Waals surface area contributed by atoms with E-state index in [4.69, 9.17) is 5.73 Å². The van der Waals surface area contributed by atoms with Crippen molar-refractivity contribution < 1.29 is 0 Å². The molecule has 5 nitrogen and oxygen atoms in total. The fourth-order valence-corrected chi connectivity index (χ4v) is 0.652. The molecule has 0 saturated heterocycles. The van der Waals surface area contributed by atoms with Crippen LogP contribution in [0.1, 0.15) is 25.2 Å². The zero-order valence-electron chi connectivity index (χ0n) is 5.72. The van der Waals surface area contributed by atoms with Crippen LogP contribution in [0.5, 0.6) is 0 Å². The smallest absolute Gasteiger partial charge is 0.321 e. The lowest BCUT2D eigenvalue weighted by Crippen LogP contribution is -2.11. The Bertz CT molecular complexity index is 250. The number of nitrogens with one attached hydrogen (secondary N) is 2. The molecule has 0 aromatic carbocycles. The van der Waals surface area contributed by atoms with E-state index in [9.17, 15) is 4.79 Å². The van der Waals surface area contributed by atoms with Gasteiger partial charge in [0.2, 0.25) is 0 Å². The van der Waals surface area contributed by atoms with Gasteiger partial charge in [-0.15, -0.1) is 0 Å². The molecule has 0 radical (unpaired) electrons. The van der Waals surface area contributed by atoms with Gasteiger partial charge in [-0.25, -0.2) is 9.89 Å². The molecule has 0 fully saturated rings. The summed E-state index contributed by atoms with van der Waals surface area (Å²) in [4.78, 5) is 13.0. The summed E-state index contributed by atoms with van der Waals surface area (Å²) in [5, 5.41) is 5.91. The number of rotatable bonds is 2. The highest BCUT2D eigenvalue weighted by atomic mass is 16.1. The molecule has 56 valence electrons. The Labute approximate surface area is 57.6 Å². The van der Waals surface area contributed by atoms with Crippen molar-refractivity contribution in [3.05, 3.63) is 16.3 Å². The van der Waals surface area contributed by atoms with Crippen molar-refractivity contribution in [3.8, 4) is 0 Å². The van der Waals surface area contributed by atoms with Gasteiger partial charge in [-0.3, -0.25) is 4.98 Å². The molecule has 0 aliphatic rings. The standard InChI is InChI=1S/C5H10N4O/c1-2-3(6)4-7-5(10)9-8-4/h3H,2,6H2,1H3,(H2,7,8,9,10)/t3-/m0/s1. The average Bonchev–Trinajstić information content (AvgIpc) is 2.34. The number of H-pyrrole nitrogens is 2. The van der Waals surface area contributed by atoms with E-state index in [-0.39, 0.29) is 11.7 Å². The van der Waals surface area contributed by atoms with Crippen molar-refractivity contribution in [1.29, 1.82) is 0 Å². The first-order valence-corrected chi connectivity index (χ1v) is 3.14. The van der Waals surface area contributed by atoms with E-state index < -0.39 is 0 Å². The summed E-state index contributed by atoms with van der Waals surface area (Å²) in [5.41, 5.74) is 5.25. The summed E-state index contributed by atoms with van der Waals surface area (Å²) in [7, 11) is 0. The van der Waals surface area contributed by atoms with E-state index in [1.54, 1.807) is 0 Å². The Morgan fingerprint density at radius 3 is 2.90 bits per heavy atom. The van der Waals surface area contributed by atoms with Crippen molar-refractivity contribution in [2.45, 2.75) is 19.4 Å². The first-order chi connectivity index (χ1) is 4.74. The molecule has 4 N–H and O–H groups in total. The van der Waals surface area contributed by atoms with Gasteiger partial charge in [-0.1, -0.05) is 6.92 Å². The maximum absolute atomic E-state index is 10.5. The first kappa shape index (κ1) is 7.01. The zero-order valence-corrected chi connectivity index (χ0v) is 5.72. The molecule has 1 atom stereocenters. The molecule has 0 aliphatic heterocycles. The molecule has 1 heterocycles. The van der Waals surface area contributed by atoms with Gasteiger partial charge in [0.15, 0.2) is 0 Å². The second-order valence-corrected chi connectivity index (χ2v) is 2.08. The Morgan fingerprint density at radius 1 is 1.80 bits per heavy atom. The summed E-state index contributed by atoms with van der Waals surface area (Å²) in [5.74, 6) is 0.521. The lowest BCUT2D eigenvalue weighted by molar-refractivity contribution is 0.652. The Hall–Kier alpha value is -1.10. The number of nitrogens with zero attached hydrogens (tertiary/aromatic N) is 1. The molecule has 0 bridgehead atoms. The quantitative estimate of drug-likeness (QED) is 0.520. The summed E-state index contributed by atoms with van der Waals surface area (Å²) in [6.45, 7) is 1.93. The SMILES string of the molecule is CC[C@H](N)c1n[nH]c(=O)[nH]1. The van der Waals surface area contributed by atoms with Crippen molar-refractivity contribution in [2.75, 3.05) is 0 Å². The van der Waals surface area contributed by atoms with Gasteiger partial charge in [0, 0.05) is 0 Å². The van der Waals surface area contributed by atoms with Crippen molar-refractivity contribution in [1.82, 2.24) is 15.2 Å². The molecule has 10 heavy (non-hydrogen) atoms. The lowest BCUT2D eigenvalue weighted by Gasteiger charge is -2.00. The van der Waals surface area contributed by atoms with Crippen LogP contribution >= 0.6 is 0 Å². The van der Waals surface area contributed by atoms with E-state index in [2.05, 4.69) is 15.2 Å². The number of aromatic nitrogens is 3. The molecule has 0 saturated carbocycles. The Morgan fingerprint density at radius 2 is 2.50 bits per heavy atom. The Balaban J connectivity index is 2.84. The molecule has 0 spiro atoms. The number of hydrogen-bond donors (Lipinski definition) is 3.